The first-order chi connectivity index (χ1) is 7.59. The van der Waals surface area contributed by atoms with Gasteiger partial charge in [-0.05, 0) is 34.1 Å². The highest BCUT2D eigenvalue weighted by atomic mass is 79.9. The molecule has 0 amide bonds. The maximum absolute atomic E-state index is 13.8. The number of hydrogen-bond donors (Lipinski definition) is 0. The van der Waals surface area contributed by atoms with Crippen molar-refractivity contribution in [1.29, 1.82) is 0 Å². The monoisotopic (exact) mass is 338 g/mol. The standard InChI is InChI=1S/C11H6BrCl2FS/c12-7-3-1-2-6(11(7)15)10(14)8-4-5-9(13)16-8/h1-5,10H. The molecule has 1 aromatic heterocycles. The molecule has 0 aliphatic carbocycles. The summed E-state index contributed by atoms with van der Waals surface area (Å²) >= 11 is 16.5. The van der Waals surface area contributed by atoms with E-state index in [1.807, 2.05) is 6.07 Å². The minimum absolute atomic E-state index is 0.327. The maximum atomic E-state index is 13.8. The van der Waals surface area contributed by atoms with E-state index < -0.39 is 5.38 Å². The molecule has 0 fully saturated rings. The van der Waals surface area contributed by atoms with E-state index in [4.69, 9.17) is 23.2 Å². The van der Waals surface area contributed by atoms with Gasteiger partial charge >= 0.3 is 0 Å². The van der Waals surface area contributed by atoms with Crippen LogP contribution in [0, 0.1) is 5.82 Å². The van der Waals surface area contributed by atoms with Crippen LogP contribution in [0.1, 0.15) is 15.8 Å². The summed E-state index contributed by atoms with van der Waals surface area (Å²) < 4.78 is 14.8. The topological polar surface area (TPSA) is 0 Å². The third-order valence-corrected chi connectivity index (χ3v) is 4.61. The van der Waals surface area contributed by atoms with Crippen molar-refractivity contribution in [3.05, 3.63) is 55.4 Å². The highest BCUT2D eigenvalue weighted by Crippen LogP contribution is 2.37. The van der Waals surface area contributed by atoms with Gasteiger partial charge in [0.15, 0.2) is 0 Å². The van der Waals surface area contributed by atoms with Crippen LogP contribution >= 0.6 is 50.5 Å². The zero-order chi connectivity index (χ0) is 11.7. The van der Waals surface area contributed by atoms with Crippen LogP contribution in [0.4, 0.5) is 4.39 Å². The lowest BCUT2D eigenvalue weighted by atomic mass is 10.1. The van der Waals surface area contributed by atoms with Crippen LogP contribution in [0.5, 0.6) is 0 Å². The Morgan fingerprint density at radius 2 is 2.00 bits per heavy atom. The summed E-state index contributed by atoms with van der Waals surface area (Å²) in [5.74, 6) is -0.327. The normalized spacial score (nSPS) is 12.8. The molecule has 2 aromatic rings. The summed E-state index contributed by atoms with van der Waals surface area (Å²) in [5.41, 5.74) is 0.453. The van der Waals surface area contributed by atoms with Gasteiger partial charge in [-0.25, -0.2) is 4.39 Å². The molecule has 16 heavy (non-hydrogen) atoms. The Kier molecular flexibility index (Phi) is 3.90. The molecule has 0 aliphatic rings. The first-order valence-electron chi connectivity index (χ1n) is 4.43. The molecule has 2 rings (SSSR count). The van der Waals surface area contributed by atoms with Crippen LogP contribution in [-0.2, 0) is 0 Å². The predicted octanol–water partition coefficient (Wildman–Crippen LogP) is 5.63. The Labute approximate surface area is 115 Å². The summed E-state index contributed by atoms with van der Waals surface area (Å²) in [5, 5.41) is -0.505. The highest BCUT2D eigenvalue weighted by molar-refractivity contribution is 9.10. The molecule has 1 atom stereocenters. The fourth-order valence-electron chi connectivity index (χ4n) is 1.33. The van der Waals surface area contributed by atoms with Gasteiger partial charge in [-0.3, -0.25) is 0 Å². The van der Waals surface area contributed by atoms with Crippen molar-refractivity contribution in [2.45, 2.75) is 5.38 Å². The molecule has 0 saturated heterocycles. The second-order valence-electron chi connectivity index (χ2n) is 3.15. The van der Waals surface area contributed by atoms with E-state index in [1.54, 1.807) is 24.3 Å². The van der Waals surface area contributed by atoms with Gasteiger partial charge in [0.1, 0.15) is 5.82 Å². The van der Waals surface area contributed by atoms with E-state index in [9.17, 15) is 4.39 Å². The number of thiophene rings is 1. The second kappa shape index (κ2) is 5.05. The van der Waals surface area contributed by atoms with Crippen molar-refractivity contribution in [2.75, 3.05) is 0 Å². The van der Waals surface area contributed by atoms with Gasteiger partial charge in [-0.2, -0.15) is 0 Å². The molecule has 0 nitrogen and oxygen atoms in total. The van der Waals surface area contributed by atoms with Crippen molar-refractivity contribution in [3.63, 3.8) is 0 Å². The largest absolute Gasteiger partial charge is 0.205 e. The number of benzene rings is 1. The van der Waals surface area contributed by atoms with Crippen molar-refractivity contribution in [2.24, 2.45) is 0 Å². The molecular formula is C11H6BrCl2FS. The summed E-state index contributed by atoms with van der Waals surface area (Å²) in [4.78, 5) is 0.837. The van der Waals surface area contributed by atoms with Crippen LogP contribution in [0.15, 0.2) is 34.8 Å². The third kappa shape index (κ3) is 2.43. The number of alkyl halides is 1. The lowest BCUT2D eigenvalue weighted by Gasteiger charge is -2.09. The molecule has 0 saturated carbocycles. The Hall–Kier alpha value is -0.0900. The van der Waals surface area contributed by atoms with Gasteiger partial charge in [-0.15, -0.1) is 22.9 Å². The van der Waals surface area contributed by atoms with E-state index in [2.05, 4.69) is 15.9 Å². The van der Waals surface area contributed by atoms with Crippen LogP contribution in [0.3, 0.4) is 0 Å². The van der Waals surface area contributed by atoms with Gasteiger partial charge < -0.3 is 0 Å². The first kappa shape index (κ1) is 12.4. The number of rotatable bonds is 2. The molecular weight excluding hydrogens is 334 g/mol. The fraction of sp³-hybridized carbons (Fsp3) is 0.0909. The average Bonchev–Trinajstić information content (AvgIpc) is 2.68. The lowest BCUT2D eigenvalue weighted by Crippen LogP contribution is -1.95. The lowest BCUT2D eigenvalue weighted by molar-refractivity contribution is 0.606. The van der Waals surface area contributed by atoms with Crippen molar-refractivity contribution >= 4 is 50.5 Å². The maximum Gasteiger partial charge on any atom is 0.142 e. The summed E-state index contributed by atoms with van der Waals surface area (Å²) in [6.45, 7) is 0. The van der Waals surface area contributed by atoms with Crippen LogP contribution in [0.2, 0.25) is 4.34 Å². The summed E-state index contributed by atoms with van der Waals surface area (Å²) in [7, 11) is 0. The smallest absolute Gasteiger partial charge is 0.142 e. The molecule has 5 heteroatoms. The fourth-order valence-corrected chi connectivity index (χ4v) is 3.15. The Morgan fingerprint density at radius 3 is 2.62 bits per heavy atom. The molecule has 0 spiro atoms. The van der Waals surface area contributed by atoms with Crippen LogP contribution in [0.25, 0.3) is 0 Å². The minimum Gasteiger partial charge on any atom is -0.205 e. The highest BCUT2D eigenvalue weighted by Gasteiger charge is 2.18. The van der Waals surface area contributed by atoms with Gasteiger partial charge in [-0.1, -0.05) is 23.7 Å². The van der Waals surface area contributed by atoms with E-state index >= 15 is 0 Å². The summed E-state index contributed by atoms with van der Waals surface area (Å²) in [6, 6.07) is 8.64. The minimum atomic E-state index is -0.505. The van der Waals surface area contributed by atoms with Gasteiger partial charge in [0.25, 0.3) is 0 Å². The van der Waals surface area contributed by atoms with Crippen LogP contribution in [-0.4, -0.2) is 0 Å². The third-order valence-electron chi connectivity index (χ3n) is 2.10. The molecule has 0 N–H and O–H groups in total. The van der Waals surface area contributed by atoms with E-state index in [1.165, 1.54) is 11.3 Å². The molecule has 0 bridgehead atoms. The molecule has 84 valence electrons. The summed E-state index contributed by atoms with van der Waals surface area (Å²) in [6.07, 6.45) is 0. The van der Waals surface area contributed by atoms with Crippen molar-refractivity contribution < 1.29 is 4.39 Å². The van der Waals surface area contributed by atoms with Crippen LogP contribution < -0.4 is 0 Å². The predicted molar refractivity (Wildman–Crippen MR) is 71.1 cm³/mol. The van der Waals surface area contributed by atoms with E-state index in [-0.39, 0.29) is 5.82 Å². The first-order valence-corrected chi connectivity index (χ1v) is 6.85. The molecule has 0 radical (unpaired) electrons. The number of hydrogen-bond acceptors (Lipinski definition) is 1. The molecule has 0 aliphatic heterocycles. The zero-order valence-electron chi connectivity index (χ0n) is 7.88. The second-order valence-corrected chi connectivity index (χ2v) is 6.18. The van der Waals surface area contributed by atoms with Gasteiger partial charge in [0.2, 0.25) is 0 Å². The Balaban J connectivity index is 2.41. The van der Waals surface area contributed by atoms with Crippen molar-refractivity contribution in [1.82, 2.24) is 0 Å². The average molecular weight is 340 g/mol. The zero-order valence-corrected chi connectivity index (χ0v) is 11.8. The van der Waals surface area contributed by atoms with E-state index in [0.29, 0.717) is 14.4 Å². The molecule has 1 aromatic carbocycles. The quantitative estimate of drug-likeness (QED) is 0.622. The molecule has 1 unspecified atom stereocenters. The molecule has 1 heterocycles. The van der Waals surface area contributed by atoms with Crippen molar-refractivity contribution in [3.8, 4) is 0 Å². The Bertz CT molecular complexity index is 512. The Morgan fingerprint density at radius 1 is 1.25 bits per heavy atom. The van der Waals surface area contributed by atoms with Gasteiger partial charge in [0.05, 0.1) is 14.2 Å². The SMILES string of the molecule is Fc1c(Br)cccc1C(Cl)c1ccc(Cl)s1. The van der Waals surface area contributed by atoms with Gasteiger partial charge in [0, 0.05) is 10.4 Å². The van der Waals surface area contributed by atoms with E-state index in [0.717, 1.165) is 4.88 Å². The number of halogens is 4.